The molecular formula is C27H26NO2+. The van der Waals surface area contributed by atoms with Crippen molar-refractivity contribution in [1.82, 2.24) is 0 Å². The first-order chi connectivity index (χ1) is 14.8. The Bertz CT molecular complexity index is 1030. The number of hydrogen-bond acceptors (Lipinski definition) is 2. The van der Waals surface area contributed by atoms with Crippen molar-refractivity contribution < 1.29 is 14.4 Å². The molecule has 0 amide bonds. The molecule has 30 heavy (non-hydrogen) atoms. The summed E-state index contributed by atoms with van der Waals surface area (Å²) in [5.74, 6) is 0.773. The van der Waals surface area contributed by atoms with Crippen LogP contribution in [0.1, 0.15) is 11.1 Å². The molecule has 0 radical (unpaired) electrons. The van der Waals surface area contributed by atoms with Gasteiger partial charge >= 0.3 is 0 Å². The highest BCUT2D eigenvalue weighted by Crippen LogP contribution is 2.17. The predicted octanol–water partition coefficient (Wildman–Crippen LogP) is 4.67. The standard InChI is InChI=1S/C27H26NO2/c29-26(20-28-17-15-25(16-18-28)24-9-5-2-6-10-24)21-30-27-13-11-23(12-14-27)19-22-7-3-1-4-8-22/h1-18,26,29H,19-21H2/q+1. The van der Waals surface area contributed by atoms with Gasteiger partial charge in [-0.15, -0.1) is 0 Å². The molecule has 3 aromatic carbocycles. The van der Waals surface area contributed by atoms with E-state index in [2.05, 4.69) is 60.7 Å². The van der Waals surface area contributed by atoms with Crippen LogP contribution in [0.2, 0.25) is 0 Å². The van der Waals surface area contributed by atoms with Crippen molar-refractivity contribution in [2.45, 2.75) is 19.1 Å². The van der Waals surface area contributed by atoms with E-state index in [1.165, 1.54) is 16.7 Å². The lowest BCUT2D eigenvalue weighted by Crippen LogP contribution is -2.41. The maximum Gasteiger partial charge on any atom is 0.177 e. The van der Waals surface area contributed by atoms with Crippen molar-refractivity contribution in [3.8, 4) is 16.9 Å². The Kier molecular flexibility index (Phi) is 6.53. The molecule has 1 atom stereocenters. The lowest BCUT2D eigenvalue weighted by atomic mass is 10.1. The number of ether oxygens (including phenoxy) is 1. The van der Waals surface area contributed by atoms with E-state index in [1.807, 2.05) is 53.4 Å². The minimum atomic E-state index is -0.582. The Morgan fingerprint density at radius 2 is 1.23 bits per heavy atom. The van der Waals surface area contributed by atoms with Crippen LogP contribution in [0.15, 0.2) is 109 Å². The second-order valence-electron chi connectivity index (χ2n) is 7.42. The molecule has 0 aliphatic carbocycles. The monoisotopic (exact) mass is 396 g/mol. The van der Waals surface area contributed by atoms with Crippen molar-refractivity contribution >= 4 is 0 Å². The van der Waals surface area contributed by atoms with Gasteiger partial charge in [0.15, 0.2) is 18.9 Å². The first-order valence-electron chi connectivity index (χ1n) is 10.2. The van der Waals surface area contributed by atoms with Gasteiger partial charge in [0.2, 0.25) is 0 Å². The van der Waals surface area contributed by atoms with Crippen LogP contribution in [-0.4, -0.2) is 17.8 Å². The summed E-state index contributed by atoms with van der Waals surface area (Å²) in [5.41, 5.74) is 4.87. The van der Waals surface area contributed by atoms with Crippen LogP contribution in [0, 0.1) is 0 Å². The van der Waals surface area contributed by atoms with Crippen LogP contribution in [-0.2, 0) is 13.0 Å². The van der Waals surface area contributed by atoms with E-state index in [0.29, 0.717) is 6.54 Å². The van der Waals surface area contributed by atoms with Crippen molar-refractivity contribution in [2.24, 2.45) is 0 Å². The Morgan fingerprint density at radius 1 is 0.667 bits per heavy atom. The largest absolute Gasteiger partial charge is 0.491 e. The minimum Gasteiger partial charge on any atom is -0.491 e. The van der Waals surface area contributed by atoms with Crippen molar-refractivity contribution in [1.29, 1.82) is 0 Å². The molecule has 3 nitrogen and oxygen atoms in total. The molecule has 4 aromatic rings. The van der Waals surface area contributed by atoms with Gasteiger partial charge in [-0.25, -0.2) is 4.57 Å². The molecule has 1 N–H and O–H groups in total. The zero-order chi connectivity index (χ0) is 20.6. The molecule has 0 bridgehead atoms. The van der Waals surface area contributed by atoms with Gasteiger partial charge in [0.1, 0.15) is 18.5 Å². The van der Waals surface area contributed by atoms with Gasteiger partial charge in [-0.3, -0.25) is 0 Å². The average Bonchev–Trinajstić information content (AvgIpc) is 2.80. The van der Waals surface area contributed by atoms with Crippen molar-refractivity contribution in [3.63, 3.8) is 0 Å². The molecule has 1 heterocycles. The summed E-state index contributed by atoms with van der Waals surface area (Å²) in [7, 11) is 0. The summed E-state index contributed by atoms with van der Waals surface area (Å²) in [5, 5.41) is 10.4. The highest BCUT2D eigenvalue weighted by molar-refractivity contribution is 5.61. The predicted molar refractivity (Wildman–Crippen MR) is 119 cm³/mol. The Hall–Kier alpha value is -3.43. The van der Waals surface area contributed by atoms with Crippen molar-refractivity contribution in [2.75, 3.05) is 6.61 Å². The Labute approximate surface area is 177 Å². The van der Waals surface area contributed by atoms with Gasteiger partial charge in [-0.1, -0.05) is 72.8 Å². The highest BCUT2D eigenvalue weighted by Gasteiger charge is 2.12. The van der Waals surface area contributed by atoms with Gasteiger partial charge < -0.3 is 9.84 Å². The molecule has 150 valence electrons. The number of hydrogen-bond donors (Lipinski definition) is 1. The maximum atomic E-state index is 10.4. The van der Waals surface area contributed by atoms with Crippen LogP contribution in [0.25, 0.3) is 11.1 Å². The van der Waals surface area contributed by atoms with Gasteiger partial charge in [0.25, 0.3) is 0 Å². The molecule has 0 spiro atoms. The van der Waals surface area contributed by atoms with E-state index < -0.39 is 6.10 Å². The van der Waals surface area contributed by atoms with E-state index in [4.69, 9.17) is 4.74 Å². The fourth-order valence-corrected chi connectivity index (χ4v) is 3.43. The Morgan fingerprint density at radius 3 is 1.90 bits per heavy atom. The number of aromatic nitrogens is 1. The molecule has 1 unspecified atom stereocenters. The third-order valence-corrected chi connectivity index (χ3v) is 5.04. The third kappa shape index (κ3) is 5.56. The molecule has 0 aliphatic rings. The quantitative estimate of drug-likeness (QED) is 0.439. The first-order valence-corrected chi connectivity index (χ1v) is 10.2. The van der Waals surface area contributed by atoms with Crippen LogP contribution >= 0.6 is 0 Å². The van der Waals surface area contributed by atoms with E-state index >= 15 is 0 Å². The number of aliphatic hydroxyl groups excluding tert-OH is 1. The fraction of sp³-hybridized carbons (Fsp3) is 0.148. The van der Waals surface area contributed by atoms with E-state index in [1.54, 1.807) is 0 Å². The Balaban J connectivity index is 1.27. The SMILES string of the molecule is OC(COc1ccc(Cc2ccccc2)cc1)C[n+]1ccc(-c2ccccc2)cc1. The number of pyridine rings is 1. The number of aliphatic hydroxyl groups is 1. The zero-order valence-corrected chi connectivity index (χ0v) is 16.9. The summed E-state index contributed by atoms with van der Waals surface area (Å²) >= 11 is 0. The molecule has 1 aromatic heterocycles. The van der Waals surface area contributed by atoms with Crippen LogP contribution in [0.3, 0.4) is 0 Å². The number of benzene rings is 3. The van der Waals surface area contributed by atoms with Crippen LogP contribution < -0.4 is 9.30 Å². The smallest absolute Gasteiger partial charge is 0.177 e. The molecule has 0 saturated heterocycles. The van der Waals surface area contributed by atoms with E-state index in [-0.39, 0.29) is 6.61 Å². The highest BCUT2D eigenvalue weighted by atomic mass is 16.5. The maximum absolute atomic E-state index is 10.4. The molecule has 3 heteroatoms. The topological polar surface area (TPSA) is 33.3 Å². The zero-order valence-electron chi connectivity index (χ0n) is 16.9. The van der Waals surface area contributed by atoms with Crippen LogP contribution in [0.5, 0.6) is 5.75 Å². The molecule has 0 aliphatic heterocycles. The first kappa shape index (κ1) is 19.9. The summed E-state index contributed by atoms with van der Waals surface area (Å²) in [6.45, 7) is 0.743. The molecule has 4 rings (SSSR count). The second-order valence-corrected chi connectivity index (χ2v) is 7.42. The van der Waals surface area contributed by atoms with Gasteiger partial charge in [-0.2, -0.15) is 0 Å². The normalized spacial score (nSPS) is 11.8. The average molecular weight is 397 g/mol. The van der Waals surface area contributed by atoms with Gasteiger partial charge in [0, 0.05) is 12.1 Å². The molecular weight excluding hydrogens is 370 g/mol. The van der Waals surface area contributed by atoms with Crippen molar-refractivity contribution in [3.05, 3.63) is 121 Å². The van der Waals surface area contributed by atoms with E-state index in [0.717, 1.165) is 17.7 Å². The molecule has 0 fully saturated rings. The summed E-state index contributed by atoms with van der Waals surface area (Å²) in [6, 6.07) is 32.9. The fourth-order valence-electron chi connectivity index (χ4n) is 3.43. The lowest BCUT2D eigenvalue weighted by molar-refractivity contribution is -0.703. The second kappa shape index (κ2) is 9.86. The summed E-state index contributed by atoms with van der Waals surface area (Å²) < 4.78 is 7.75. The summed E-state index contributed by atoms with van der Waals surface area (Å²) in [6.07, 6.45) is 4.30. The van der Waals surface area contributed by atoms with Gasteiger partial charge in [0.05, 0.1) is 0 Å². The number of rotatable bonds is 8. The van der Waals surface area contributed by atoms with Crippen LogP contribution in [0.4, 0.5) is 0 Å². The minimum absolute atomic E-state index is 0.255. The van der Waals surface area contributed by atoms with Gasteiger partial charge in [-0.05, 0) is 40.8 Å². The lowest BCUT2D eigenvalue weighted by Gasteiger charge is -2.11. The molecule has 0 saturated carbocycles. The number of nitrogens with zero attached hydrogens (tertiary/aromatic N) is 1. The van der Waals surface area contributed by atoms with E-state index in [9.17, 15) is 5.11 Å². The third-order valence-electron chi connectivity index (χ3n) is 5.04. The summed E-state index contributed by atoms with van der Waals surface area (Å²) in [4.78, 5) is 0.